The fourth-order valence-electron chi connectivity index (χ4n) is 2.25. The van der Waals surface area contributed by atoms with E-state index < -0.39 is 10.1 Å². The Labute approximate surface area is 131 Å². The molecule has 0 saturated carbocycles. The first-order valence-corrected chi connectivity index (χ1v) is 8.70. The van der Waals surface area contributed by atoms with Gasteiger partial charge in [-0.1, -0.05) is 17.7 Å². The predicted octanol–water partition coefficient (Wildman–Crippen LogP) is 2.95. The molecule has 0 saturated heterocycles. The van der Waals surface area contributed by atoms with Crippen molar-refractivity contribution in [2.24, 2.45) is 5.92 Å². The average molecular weight is 324 g/mol. The average Bonchev–Trinajstić information content (AvgIpc) is 2.48. The van der Waals surface area contributed by atoms with Crippen LogP contribution in [0.3, 0.4) is 0 Å². The molecule has 1 aromatic rings. The molecule has 0 amide bonds. The zero-order valence-corrected chi connectivity index (χ0v) is 13.6. The van der Waals surface area contributed by atoms with Gasteiger partial charge in [0.25, 0.3) is 0 Å². The molecule has 0 heterocycles. The molecule has 6 heteroatoms. The van der Waals surface area contributed by atoms with Crippen LogP contribution in [0.5, 0.6) is 0 Å². The van der Waals surface area contributed by atoms with Crippen molar-refractivity contribution >= 4 is 16.1 Å². The van der Waals surface area contributed by atoms with Crippen LogP contribution < -0.4 is 0 Å². The lowest BCUT2D eigenvalue weighted by molar-refractivity contribution is -0.148. The highest BCUT2D eigenvalue weighted by Gasteiger charge is 2.26. The smallest absolute Gasteiger partial charge is 0.338 e. The second kappa shape index (κ2) is 6.96. The maximum absolute atomic E-state index is 12.2. The summed E-state index contributed by atoms with van der Waals surface area (Å²) in [4.78, 5) is 11.8. The summed E-state index contributed by atoms with van der Waals surface area (Å²) in [6.07, 6.45) is 3.05. The summed E-state index contributed by atoms with van der Waals surface area (Å²) in [6, 6.07) is 6.50. The highest BCUT2D eigenvalue weighted by molar-refractivity contribution is 7.86. The van der Waals surface area contributed by atoms with Crippen molar-refractivity contribution in [2.45, 2.75) is 38.0 Å². The Morgan fingerprint density at radius 3 is 2.50 bits per heavy atom. The van der Waals surface area contributed by atoms with Gasteiger partial charge in [-0.05, 0) is 44.9 Å². The molecule has 0 radical (unpaired) electrons. The summed E-state index contributed by atoms with van der Waals surface area (Å²) in [5.74, 6) is -0.0605. The summed E-state index contributed by atoms with van der Waals surface area (Å²) >= 11 is 0. The monoisotopic (exact) mass is 324 g/mol. The number of benzene rings is 1. The number of allylic oxidation sites excluding steroid dienone is 2. The Bertz CT molecular complexity index is 658. The molecule has 0 aromatic heterocycles. The van der Waals surface area contributed by atoms with Crippen molar-refractivity contribution in [2.75, 3.05) is 6.61 Å². The van der Waals surface area contributed by atoms with E-state index in [1.54, 1.807) is 25.1 Å². The standard InChI is InChI=1S/C16H20O5S/c1-3-20-16(17)13-6-8-14(9-7-13)21-22(18,19)15-10-4-12(2)5-11-15/h4-5,8,10-11,13H,3,6-7,9H2,1-2H3. The van der Waals surface area contributed by atoms with Gasteiger partial charge in [0.2, 0.25) is 0 Å². The molecule has 1 aromatic carbocycles. The van der Waals surface area contributed by atoms with E-state index >= 15 is 0 Å². The van der Waals surface area contributed by atoms with Crippen LogP contribution in [0.4, 0.5) is 0 Å². The SMILES string of the molecule is CCOC(=O)C1CC=C(OS(=O)(=O)c2ccc(C)cc2)CC1. The highest BCUT2D eigenvalue weighted by atomic mass is 32.2. The van der Waals surface area contributed by atoms with Crippen molar-refractivity contribution in [1.29, 1.82) is 0 Å². The minimum Gasteiger partial charge on any atom is -0.466 e. The molecule has 2 rings (SSSR count). The topological polar surface area (TPSA) is 69.7 Å². The van der Waals surface area contributed by atoms with E-state index in [2.05, 4.69) is 0 Å². The van der Waals surface area contributed by atoms with Gasteiger partial charge in [-0.2, -0.15) is 8.42 Å². The molecule has 0 bridgehead atoms. The maximum Gasteiger partial charge on any atom is 0.338 e. The zero-order valence-electron chi connectivity index (χ0n) is 12.7. The molecule has 1 unspecified atom stereocenters. The first kappa shape index (κ1) is 16.5. The first-order valence-electron chi connectivity index (χ1n) is 7.29. The van der Waals surface area contributed by atoms with E-state index in [1.165, 1.54) is 12.1 Å². The highest BCUT2D eigenvalue weighted by Crippen LogP contribution is 2.28. The third-order valence-electron chi connectivity index (χ3n) is 3.52. The quantitative estimate of drug-likeness (QED) is 0.615. The first-order chi connectivity index (χ1) is 10.4. The molecule has 120 valence electrons. The molecular weight excluding hydrogens is 304 g/mol. The third kappa shape index (κ3) is 4.10. The largest absolute Gasteiger partial charge is 0.466 e. The lowest BCUT2D eigenvalue weighted by Crippen LogP contribution is -2.20. The van der Waals surface area contributed by atoms with Gasteiger partial charge < -0.3 is 8.92 Å². The summed E-state index contributed by atoms with van der Waals surface area (Å²) < 4.78 is 34.5. The predicted molar refractivity (Wildman–Crippen MR) is 81.5 cm³/mol. The van der Waals surface area contributed by atoms with Crippen molar-refractivity contribution in [3.8, 4) is 0 Å². The van der Waals surface area contributed by atoms with Crippen molar-refractivity contribution in [3.63, 3.8) is 0 Å². The van der Waals surface area contributed by atoms with Gasteiger partial charge in [-0.3, -0.25) is 4.79 Å². The molecule has 1 aliphatic carbocycles. The number of esters is 1. The van der Waals surface area contributed by atoms with E-state index in [0.717, 1.165) is 5.56 Å². The van der Waals surface area contributed by atoms with E-state index in [1.807, 2.05) is 6.92 Å². The molecule has 0 aliphatic heterocycles. The maximum atomic E-state index is 12.2. The summed E-state index contributed by atoms with van der Waals surface area (Å²) in [5.41, 5.74) is 0.980. The molecule has 22 heavy (non-hydrogen) atoms. The number of rotatable bonds is 5. The lowest BCUT2D eigenvalue weighted by Gasteiger charge is -2.20. The van der Waals surface area contributed by atoms with Crippen LogP contribution in [-0.2, 0) is 23.8 Å². The zero-order chi connectivity index (χ0) is 16.2. The van der Waals surface area contributed by atoms with Crippen LogP contribution in [0.2, 0.25) is 0 Å². The Kier molecular flexibility index (Phi) is 5.24. The second-order valence-corrected chi connectivity index (χ2v) is 6.79. The lowest BCUT2D eigenvalue weighted by atomic mass is 9.93. The summed E-state index contributed by atoms with van der Waals surface area (Å²) in [7, 11) is -3.81. The van der Waals surface area contributed by atoms with Crippen LogP contribution in [-0.4, -0.2) is 21.0 Å². The Morgan fingerprint density at radius 1 is 1.27 bits per heavy atom. The van der Waals surface area contributed by atoms with Gasteiger partial charge in [0.05, 0.1) is 12.5 Å². The Hall–Kier alpha value is -1.82. The Morgan fingerprint density at radius 2 is 1.95 bits per heavy atom. The van der Waals surface area contributed by atoms with E-state index in [4.69, 9.17) is 8.92 Å². The minimum atomic E-state index is -3.81. The fraction of sp³-hybridized carbons (Fsp3) is 0.438. The van der Waals surface area contributed by atoms with Crippen LogP contribution >= 0.6 is 0 Å². The van der Waals surface area contributed by atoms with Gasteiger partial charge >= 0.3 is 16.1 Å². The molecular formula is C16H20O5S. The second-order valence-electron chi connectivity index (χ2n) is 5.24. The summed E-state index contributed by atoms with van der Waals surface area (Å²) in [5, 5.41) is 0. The van der Waals surface area contributed by atoms with Crippen molar-refractivity contribution < 1.29 is 22.1 Å². The van der Waals surface area contributed by atoms with Gasteiger partial charge in [-0.25, -0.2) is 0 Å². The number of carbonyl (C=O) groups excluding carboxylic acids is 1. The van der Waals surface area contributed by atoms with Crippen LogP contribution in [0.1, 0.15) is 31.7 Å². The number of hydrogen-bond donors (Lipinski definition) is 0. The number of ether oxygens (including phenoxy) is 1. The molecule has 1 atom stereocenters. The van der Waals surface area contributed by atoms with E-state index in [-0.39, 0.29) is 16.8 Å². The molecule has 0 fully saturated rings. The number of aryl methyl sites for hydroxylation is 1. The number of carbonyl (C=O) groups is 1. The fourth-order valence-corrected chi connectivity index (χ4v) is 3.25. The number of hydrogen-bond acceptors (Lipinski definition) is 5. The normalized spacial score (nSPS) is 18.5. The summed E-state index contributed by atoms with van der Waals surface area (Å²) in [6.45, 7) is 4.00. The van der Waals surface area contributed by atoms with Crippen LogP contribution in [0, 0.1) is 12.8 Å². The molecule has 0 spiro atoms. The van der Waals surface area contributed by atoms with E-state index in [0.29, 0.717) is 31.6 Å². The van der Waals surface area contributed by atoms with Crippen LogP contribution in [0.15, 0.2) is 41.0 Å². The molecule has 1 aliphatic rings. The van der Waals surface area contributed by atoms with Gasteiger partial charge in [0, 0.05) is 6.42 Å². The van der Waals surface area contributed by atoms with Crippen molar-refractivity contribution in [3.05, 3.63) is 41.7 Å². The van der Waals surface area contributed by atoms with Gasteiger partial charge in [0.15, 0.2) is 0 Å². The van der Waals surface area contributed by atoms with Gasteiger partial charge in [0.1, 0.15) is 10.7 Å². The minimum absolute atomic E-state index is 0.131. The molecule has 5 nitrogen and oxygen atoms in total. The third-order valence-corrected chi connectivity index (χ3v) is 4.80. The van der Waals surface area contributed by atoms with Crippen LogP contribution in [0.25, 0.3) is 0 Å². The van der Waals surface area contributed by atoms with Crippen molar-refractivity contribution in [1.82, 2.24) is 0 Å². The molecule has 0 N–H and O–H groups in total. The Balaban J connectivity index is 2.02. The van der Waals surface area contributed by atoms with E-state index in [9.17, 15) is 13.2 Å². The van der Waals surface area contributed by atoms with Gasteiger partial charge in [-0.15, -0.1) is 0 Å².